The van der Waals surface area contributed by atoms with Gasteiger partial charge in [0.15, 0.2) is 0 Å². The van der Waals surface area contributed by atoms with Crippen LogP contribution in [0.1, 0.15) is 44.9 Å². The predicted octanol–water partition coefficient (Wildman–Crippen LogP) is 1.96. The van der Waals surface area contributed by atoms with Gasteiger partial charge in [0.1, 0.15) is 0 Å². The van der Waals surface area contributed by atoms with Gasteiger partial charge in [-0.15, -0.1) is 24.8 Å². The Hall–Kier alpha value is -0.0300. The largest absolute Gasteiger partial charge is 0.353 e. The topological polar surface area (TPSA) is 44.4 Å². The first-order valence-corrected chi connectivity index (χ1v) is 7.97. The Kier molecular flexibility index (Phi) is 7.75. The molecule has 3 rings (SSSR count). The van der Waals surface area contributed by atoms with E-state index in [4.69, 9.17) is 0 Å². The number of hydrogen-bond donors (Lipinski definition) is 2. The second-order valence-corrected chi connectivity index (χ2v) is 6.62. The molecule has 3 fully saturated rings. The lowest BCUT2D eigenvalue weighted by molar-refractivity contribution is -0.127. The Morgan fingerprint density at radius 1 is 1.10 bits per heavy atom. The van der Waals surface area contributed by atoms with Crippen LogP contribution in [0.2, 0.25) is 0 Å². The minimum atomic E-state index is 0. The zero-order chi connectivity index (χ0) is 13.2. The lowest BCUT2D eigenvalue weighted by Crippen LogP contribution is -2.56. The van der Waals surface area contributed by atoms with E-state index in [9.17, 15) is 4.79 Å². The molecule has 3 saturated heterocycles. The van der Waals surface area contributed by atoms with Crippen molar-refractivity contribution in [1.82, 2.24) is 15.5 Å². The number of fused-ring (bicyclic) bond motifs is 2. The Morgan fingerprint density at radius 2 is 1.76 bits per heavy atom. The molecule has 6 heteroatoms. The molecule has 4 nitrogen and oxygen atoms in total. The van der Waals surface area contributed by atoms with Crippen LogP contribution in [0.15, 0.2) is 0 Å². The molecule has 1 amide bonds. The minimum absolute atomic E-state index is 0. The number of nitrogens with zero attached hydrogens (tertiary/aromatic N) is 1. The van der Waals surface area contributed by atoms with Crippen LogP contribution in [-0.2, 0) is 4.79 Å². The van der Waals surface area contributed by atoms with Crippen molar-refractivity contribution in [1.29, 1.82) is 0 Å². The van der Waals surface area contributed by atoms with Gasteiger partial charge in [0, 0.05) is 24.7 Å². The SMILES string of the molecule is CN1C2CCCC1CC(NC(=O)[C@@H]1CCCNC1)C2.Cl.Cl. The normalized spacial score (nSPS) is 36.0. The summed E-state index contributed by atoms with van der Waals surface area (Å²) in [7, 11) is 2.26. The van der Waals surface area contributed by atoms with Crippen molar-refractivity contribution in [3.63, 3.8) is 0 Å². The Morgan fingerprint density at radius 3 is 2.33 bits per heavy atom. The summed E-state index contributed by atoms with van der Waals surface area (Å²) in [4.78, 5) is 14.9. The fourth-order valence-corrected chi connectivity index (χ4v) is 4.13. The molecular weight excluding hydrogens is 309 g/mol. The van der Waals surface area contributed by atoms with Crippen LogP contribution in [0.5, 0.6) is 0 Å². The summed E-state index contributed by atoms with van der Waals surface area (Å²) >= 11 is 0. The molecule has 0 aromatic heterocycles. The molecule has 2 unspecified atom stereocenters. The van der Waals surface area contributed by atoms with Gasteiger partial charge in [-0.25, -0.2) is 0 Å². The van der Waals surface area contributed by atoms with E-state index in [0.717, 1.165) is 38.8 Å². The average Bonchev–Trinajstić information content (AvgIpc) is 2.41. The fraction of sp³-hybridized carbons (Fsp3) is 0.933. The molecule has 3 aliphatic heterocycles. The minimum Gasteiger partial charge on any atom is -0.353 e. The smallest absolute Gasteiger partial charge is 0.224 e. The number of carbonyl (C=O) groups excluding carboxylic acids is 1. The summed E-state index contributed by atoms with van der Waals surface area (Å²) in [6.45, 7) is 1.94. The van der Waals surface area contributed by atoms with Crippen LogP contribution in [0.4, 0.5) is 0 Å². The summed E-state index contributed by atoms with van der Waals surface area (Å²) in [5.41, 5.74) is 0. The van der Waals surface area contributed by atoms with Gasteiger partial charge < -0.3 is 15.5 Å². The molecule has 0 aromatic carbocycles. The molecule has 2 bridgehead atoms. The van der Waals surface area contributed by atoms with Crippen LogP contribution in [0, 0.1) is 5.92 Å². The molecule has 3 atom stereocenters. The third kappa shape index (κ3) is 4.47. The highest BCUT2D eigenvalue weighted by Crippen LogP contribution is 2.32. The first-order chi connectivity index (χ1) is 9.24. The maximum atomic E-state index is 12.3. The van der Waals surface area contributed by atoms with Crippen LogP contribution in [0.25, 0.3) is 0 Å². The van der Waals surface area contributed by atoms with Crippen molar-refractivity contribution in [2.24, 2.45) is 5.92 Å². The van der Waals surface area contributed by atoms with Crippen molar-refractivity contribution < 1.29 is 4.79 Å². The van der Waals surface area contributed by atoms with E-state index >= 15 is 0 Å². The standard InChI is InChI=1S/C15H27N3O.2ClH/c1-18-13-5-2-6-14(18)9-12(8-13)17-15(19)11-4-3-7-16-10-11;;/h11-14,16H,2-10H2,1H3,(H,17,19);2*1H/t11-,12?,13?,14?;;/m1../s1. The zero-order valence-corrected chi connectivity index (χ0v) is 14.5. The highest BCUT2D eigenvalue weighted by Gasteiger charge is 2.37. The van der Waals surface area contributed by atoms with E-state index in [0.29, 0.717) is 24.0 Å². The van der Waals surface area contributed by atoms with Gasteiger partial charge in [0.2, 0.25) is 5.91 Å². The van der Waals surface area contributed by atoms with E-state index in [1.807, 2.05) is 0 Å². The van der Waals surface area contributed by atoms with Gasteiger partial charge in [0.05, 0.1) is 5.92 Å². The van der Waals surface area contributed by atoms with Gasteiger partial charge >= 0.3 is 0 Å². The summed E-state index contributed by atoms with van der Waals surface area (Å²) in [5, 5.41) is 6.66. The Bertz CT molecular complexity index is 323. The number of nitrogens with one attached hydrogen (secondary N) is 2. The van der Waals surface area contributed by atoms with E-state index in [-0.39, 0.29) is 30.7 Å². The molecule has 0 spiro atoms. The van der Waals surface area contributed by atoms with Gasteiger partial charge in [-0.1, -0.05) is 6.42 Å². The molecule has 0 saturated carbocycles. The number of amides is 1. The Labute approximate surface area is 140 Å². The van der Waals surface area contributed by atoms with E-state index in [2.05, 4.69) is 22.6 Å². The first kappa shape index (κ1) is 19.0. The van der Waals surface area contributed by atoms with Crippen LogP contribution in [-0.4, -0.2) is 49.1 Å². The van der Waals surface area contributed by atoms with Gasteiger partial charge in [0.25, 0.3) is 0 Å². The van der Waals surface area contributed by atoms with E-state index in [1.165, 1.54) is 19.3 Å². The van der Waals surface area contributed by atoms with Crippen LogP contribution >= 0.6 is 24.8 Å². The van der Waals surface area contributed by atoms with Crippen LogP contribution in [0.3, 0.4) is 0 Å². The van der Waals surface area contributed by atoms with Crippen molar-refractivity contribution in [3.8, 4) is 0 Å². The molecule has 3 aliphatic rings. The molecule has 0 aliphatic carbocycles. The van der Waals surface area contributed by atoms with E-state index < -0.39 is 0 Å². The molecule has 0 aromatic rings. The fourth-order valence-electron chi connectivity index (χ4n) is 4.13. The third-order valence-electron chi connectivity index (χ3n) is 5.35. The quantitative estimate of drug-likeness (QED) is 0.809. The molecule has 2 N–H and O–H groups in total. The van der Waals surface area contributed by atoms with Crippen molar-refractivity contribution in [3.05, 3.63) is 0 Å². The first-order valence-electron chi connectivity index (χ1n) is 7.97. The second kappa shape index (κ2) is 8.56. The maximum absolute atomic E-state index is 12.3. The lowest BCUT2D eigenvalue weighted by Gasteiger charge is -2.47. The lowest BCUT2D eigenvalue weighted by atomic mass is 9.82. The number of carbonyl (C=O) groups is 1. The third-order valence-corrected chi connectivity index (χ3v) is 5.35. The summed E-state index contributed by atoms with van der Waals surface area (Å²) in [5.74, 6) is 0.494. The van der Waals surface area contributed by atoms with Gasteiger partial charge in [-0.2, -0.15) is 0 Å². The van der Waals surface area contributed by atoms with Gasteiger partial charge in [-0.3, -0.25) is 4.79 Å². The summed E-state index contributed by atoms with van der Waals surface area (Å²) in [6, 6.07) is 1.81. The number of rotatable bonds is 2. The monoisotopic (exact) mass is 337 g/mol. The highest BCUT2D eigenvalue weighted by molar-refractivity contribution is 5.85. The predicted molar refractivity (Wildman–Crippen MR) is 90.4 cm³/mol. The van der Waals surface area contributed by atoms with Crippen molar-refractivity contribution in [2.75, 3.05) is 20.1 Å². The molecule has 3 heterocycles. The molecule has 0 radical (unpaired) electrons. The summed E-state index contributed by atoms with van der Waals surface area (Å²) in [6.07, 6.45) is 8.48. The number of hydrogen-bond acceptors (Lipinski definition) is 3. The van der Waals surface area contributed by atoms with Crippen molar-refractivity contribution in [2.45, 2.75) is 63.1 Å². The molecular formula is C15H29Cl2N3O. The van der Waals surface area contributed by atoms with Crippen LogP contribution < -0.4 is 10.6 Å². The maximum Gasteiger partial charge on any atom is 0.224 e. The van der Waals surface area contributed by atoms with Crippen molar-refractivity contribution >= 4 is 30.7 Å². The zero-order valence-electron chi connectivity index (χ0n) is 12.8. The highest BCUT2D eigenvalue weighted by atomic mass is 35.5. The number of halogens is 2. The Balaban J connectivity index is 0.00000110. The van der Waals surface area contributed by atoms with Gasteiger partial charge in [-0.05, 0) is 52.1 Å². The average molecular weight is 338 g/mol. The number of piperidine rings is 3. The molecule has 21 heavy (non-hydrogen) atoms. The second-order valence-electron chi connectivity index (χ2n) is 6.62. The van der Waals surface area contributed by atoms with E-state index in [1.54, 1.807) is 0 Å². The molecule has 124 valence electrons. The summed E-state index contributed by atoms with van der Waals surface area (Å²) < 4.78 is 0.